The number of ketones is 3. The number of aromatic nitrogens is 3. The van der Waals surface area contributed by atoms with Crippen molar-refractivity contribution in [1.29, 1.82) is 0 Å². The third-order valence-corrected chi connectivity index (χ3v) is 9.60. The predicted octanol–water partition coefficient (Wildman–Crippen LogP) is 1.10. The summed E-state index contributed by atoms with van der Waals surface area (Å²) in [6.07, 6.45) is -4.53. The molecule has 0 saturated carbocycles. The van der Waals surface area contributed by atoms with Crippen LogP contribution in [-0.2, 0) is 20.7 Å². The van der Waals surface area contributed by atoms with E-state index in [-0.39, 0.29) is 40.8 Å². The van der Waals surface area contributed by atoms with Gasteiger partial charge in [0.15, 0.2) is 17.9 Å². The number of aliphatic hydroxyl groups excluding tert-OH is 1. The number of phenols is 2. The largest absolute Gasteiger partial charge is 0.507 e. The average molecular weight is 738 g/mol. The fourth-order valence-corrected chi connectivity index (χ4v) is 6.60. The lowest BCUT2D eigenvalue weighted by atomic mass is 9.72. The van der Waals surface area contributed by atoms with Gasteiger partial charge in [0.1, 0.15) is 22.8 Å². The lowest BCUT2D eigenvalue weighted by Crippen LogP contribution is -2.52. The summed E-state index contributed by atoms with van der Waals surface area (Å²) in [4.78, 5) is 58.1. The summed E-state index contributed by atoms with van der Waals surface area (Å²) in [7, 11) is 12.8. The Labute approximate surface area is 306 Å². The Balaban J connectivity index is 0.000000303. The van der Waals surface area contributed by atoms with Gasteiger partial charge >= 0.3 is 0 Å². The van der Waals surface area contributed by atoms with Crippen molar-refractivity contribution in [3.8, 4) is 17.2 Å². The van der Waals surface area contributed by atoms with E-state index in [1.54, 1.807) is 6.92 Å². The highest BCUT2D eigenvalue weighted by atomic mass is 16.7. The summed E-state index contributed by atoms with van der Waals surface area (Å²) in [6.45, 7) is 2.79. The molecule has 2 aromatic carbocycles. The summed E-state index contributed by atoms with van der Waals surface area (Å²) in [5.74, 6) is -1.18. The normalized spacial score (nSPS) is 24.6. The molecule has 0 radical (unpaired) electrons. The number of nitrogens with zero attached hydrogens (tertiary/aromatic N) is 6. The number of phenolic OH excluding ortho intramolecular Hbond substituents is 2. The van der Waals surface area contributed by atoms with E-state index in [4.69, 9.17) is 19.9 Å². The molecular weight excluding hydrogens is 690 g/mol. The first-order valence-electron chi connectivity index (χ1n) is 16.9. The van der Waals surface area contributed by atoms with Gasteiger partial charge in [-0.3, -0.25) is 14.4 Å². The van der Waals surface area contributed by atoms with Crippen molar-refractivity contribution in [1.82, 2.24) is 15.0 Å². The van der Waals surface area contributed by atoms with Gasteiger partial charge in [-0.1, -0.05) is 12.1 Å². The minimum absolute atomic E-state index is 0.0147. The topological polar surface area (TPSA) is 234 Å². The van der Waals surface area contributed by atoms with E-state index in [1.165, 1.54) is 32.2 Å². The number of carbonyl (C=O) groups excluding carboxylic acids is 3. The Hall–Kier alpha value is -4.94. The number of aromatic hydroxyl groups is 2. The van der Waals surface area contributed by atoms with E-state index >= 15 is 0 Å². The Morgan fingerprint density at radius 2 is 1.47 bits per heavy atom. The number of anilines is 3. The average Bonchev–Trinajstić information content (AvgIpc) is 3.10. The third-order valence-electron chi connectivity index (χ3n) is 9.60. The highest BCUT2D eigenvalue weighted by molar-refractivity contribution is 6.31. The highest BCUT2D eigenvalue weighted by Crippen LogP contribution is 2.52. The first-order chi connectivity index (χ1) is 24.8. The summed E-state index contributed by atoms with van der Waals surface area (Å²) >= 11 is 0. The quantitative estimate of drug-likeness (QED) is 0.167. The number of rotatable bonds is 7. The molecule has 17 nitrogen and oxygen atoms in total. The van der Waals surface area contributed by atoms with Gasteiger partial charge in [0.2, 0.25) is 23.6 Å². The molecular formula is C36H47N7O10. The van der Waals surface area contributed by atoms with Crippen LogP contribution in [0.25, 0.3) is 0 Å². The molecule has 286 valence electrons. The molecule has 3 aliphatic rings. The van der Waals surface area contributed by atoms with Crippen LogP contribution < -0.4 is 25.2 Å². The maximum Gasteiger partial charge on any atom is 0.231 e. The molecule has 17 heteroatoms. The molecule has 1 fully saturated rings. The Kier molecular flexibility index (Phi) is 11.0. The molecule has 53 heavy (non-hydrogen) atoms. The van der Waals surface area contributed by atoms with E-state index in [2.05, 4.69) is 15.0 Å². The fourth-order valence-electron chi connectivity index (χ4n) is 6.60. The molecule has 6 N–H and O–H groups in total. The number of nitrogens with two attached hydrogens (primary N) is 1. The highest BCUT2D eigenvalue weighted by Gasteiger charge is 2.49. The van der Waals surface area contributed by atoms with Crippen LogP contribution in [0.2, 0.25) is 0 Å². The van der Waals surface area contributed by atoms with Crippen molar-refractivity contribution in [3.05, 3.63) is 51.6 Å². The number of fused-ring (bicyclic) bond motifs is 3. The minimum Gasteiger partial charge on any atom is -0.507 e. The molecule has 6 atom stereocenters. The summed E-state index contributed by atoms with van der Waals surface area (Å²) in [5.41, 5.74) is 2.97. The second kappa shape index (κ2) is 14.8. The van der Waals surface area contributed by atoms with E-state index in [0.717, 1.165) is 0 Å². The van der Waals surface area contributed by atoms with Crippen LogP contribution in [0.4, 0.5) is 17.8 Å². The van der Waals surface area contributed by atoms with Crippen LogP contribution in [0.5, 0.6) is 17.2 Å². The number of hydrogen-bond donors (Lipinski definition) is 5. The van der Waals surface area contributed by atoms with Crippen LogP contribution in [0.3, 0.4) is 0 Å². The molecule has 6 rings (SSSR count). The SMILES string of the molecule is CN(C)c1nc(N(C)C)nc(N(C)C)n1.COc1cccc2c1C(=O)c1c(O)c3c(c(O)c1C2=O)C[C@@](O)(C(C)=O)C[C@@H]3O[C@H]1C[C@H](N)[C@H](O)[C@H](C)O1. The Morgan fingerprint density at radius 3 is 1.96 bits per heavy atom. The lowest BCUT2D eigenvalue weighted by Gasteiger charge is -2.42. The molecule has 0 unspecified atom stereocenters. The first-order valence-corrected chi connectivity index (χ1v) is 16.9. The zero-order chi connectivity index (χ0) is 39.3. The smallest absolute Gasteiger partial charge is 0.231 e. The monoisotopic (exact) mass is 737 g/mol. The lowest BCUT2D eigenvalue weighted by molar-refractivity contribution is -0.247. The maximum absolute atomic E-state index is 13.6. The predicted molar refractivity (Wildman–Crippen MR) is 193 cm³/mol. The number of benzene rings is 2. The first kappa shape index (κ1) is 39.3. The van der Waals surface area contributed by atoms with Crippen LogP contribution in [0, 0.1) is 0 Å². The standard InChI is InChI=1S/C27H29NO10.C9H18N6/c1-10-22(30)14(28)7-17(37-10)38-16-9-27(35,11(2)29)8-13-19(16)26(34)21-20(24(13)32)23(31)12-5-4-6-15(36-3)18(12)25(21)33;1-13(2)7-10-8(14(3)4)12-9(11-7)15(5)6/h4-6,10,14,16-17,22,30,32,34-35H,7-9,28H2,1-3H3;1-6H3/t10-,14-,16-,17-,22+,27-;/m0./s1. The van der Waals surface area contributed by atoms with E-state index in [9.17, 15) is 34.8 Å². The van der Waals surface area contributed by atoms with Gasteiger partial charge in [0.25, 0.3) is 0 Å². The van der Waals surface area contributed by atoms with Crippen LogP contribution in [0.1, 0.15) is 75.8 Å². The number of methoxy groups -OCH3 is 1. The minimum atomic E-state index is -2.00. The fraction of sp³-hybridized carbons (Fsp3) is 0.500. The zero-order valence-electron chi connectivity index (χ0n) is 31.2. The van der Waals surface area contributed by atoms with Crippen LogP contribution in [-0.4, -0.2) is 132 Å². The van der Waals surface area contributed by atoms with E-state index in [0.29, 0.717) is 17.8 Å². The van der Waals surface area contributed by atoms with Gasteiger partial charge < -0.3 is 55.1 Å². The van der Waals surface area contributed by atoms with Crippen LogP contribution in [0.15, 0.2) is 18.2 Å². The third kappa shape index (κ3) is 7.22. The van der Waals surface area contributed by atoms with Crippen molar-refractivity contribution >= 4 is 35.2 Å². The molecule has 0 bridgehead atoms. The molecule has 1 saturated heterocycles. The van der Waals surface area contributed by atoms with Gasteiger partial charge in [0.05, 0.1) is 42.1 Å². The van der Waals surface area contributed by atoms with Crippen molar-refractivity contribution in [2.45, 2.75) is 69.4 Å². The van der Waals surface area contributed by atoms with Crippen molar-refractivity contribution in [2.75, 3.05) is 64.1 Å². The van der Waals surface area contributed by atoms with Crippen LogP contribution >= 0.6 is 0 Å². The van der Waals surface area contributed by atoms with Gasteiger partial charge in [-0.05, 0) is 19.9 Å². The zero-order valence-corrected chi connectivity index (χ0v) is 31.2. The van der Waals surface area contributed by atoms with E-state index in [1.807, 2.05) is 57.0 Å². The number of hydrogen-bond acceptors (Lipinski definition) is 17. The Bertz CT molecular complexity index is 1860. The molecule has 1 aromatic heterocycles. The van der Waals surface area contributed by atoms with Gasteiger partial charge in [-0.2, -0.15) is 15.0 Å². The van der Waals surface area contributed by atoms with Gasteiger partial charge in [0, 0.05) is 84.3 Å². The second-order valence-corrected chi connectivity index (χ2v) is 14.1. The molecule has 2 aliphatic carbocycles. The van der Waals surface area contributed by atoms with Crippen molar-refractivity contribution < 1.29 is 49.0 Å². The molecule has 1 aliphatic heterocycles. The summed E-state index contributed by atoms with van der Waals surface area (Å²) < 4.78 is 17.1. The molecule has 2 heterocycles. The number of ether oxygens (including phenoxy) is 3. The maximum atomic E-state index is 13.6. The summed E-state index contributed by atoms with van der Waals surface area (Å²) in [6, 6.07) is 3.75. The molecule has 3 aromatic rings. The molecule has 0 spiro atoms. The van der Waals surface area contributed by atoms with Gasteiger partial charge in [-0.25, -0.2) is 0 Å². The molecule has 0 amide bonds. The summed E-state index contributed by atoms with van der Waals surface area (Å²) in [5, 5.41) is 44.1. The number of Topliss-reactive ketones (excluding diaryl/α,β-unsaturated/α-hetero) is 1. The van der Waals surface area contributed by atoms with Crippen molar-refractivity contribution in [3.63, 3.8) is 0 Å². The Morgan fingerprint density at radius 1 is 0.925 bits per heavy atom. The van der Waals surface area contributed by atoms with Crippen molar-refractivity contribution in [2.24, 2.45) is 5.73 Å². The number of carbonyl (C=O) groups is 3. The van der Waals surface area contributed by atoms with Gasteiger partial charge in [-0.15, -0.1) is 0 Å². The van der Waals surface area contributed by atoms with E-state index < -0.39 is 82.6 Å². The number of aliphatic hydroxyl groups is 2. The second-order valence-electron chi connectivity index (χ2n) is 14.1.